The number of carbonyl (C=O) groups is 3. The lowest BCUT2D eigenvalue weighted by Gasteiger charge is -2.34. The summed E-state index contributed by atoms with van der Waals surface area (Å²) in [4.78, 5) is 44.4. The molecule has 0 unspecified atom stereocenters. The van der Waals surface area contributed by atoms with Gasteiger partial charge in [0.05, 0.1) is 31.1 Å². The Morgan fingerprint density at radius 2 is 1.76 bits per heavy atom. The van der Waals surface area contributed by atoms with Crippen molar-refractivity contribution in [1.29, 1.82) is 0 Å². The molecule has 1 saturated heterocycles. The summed E-state index contributed by atoms with van der Waals surface area (Å²) in [6.07, 6.45) is 4.36. The number of fused-ring (bicyclic) bond motifs is 1. The van der Waals surface area contributed by atoms with E-state index in [-0.39, 0.29) is 36.9 Å². The summed E-state index contributed by atoms with van der Waals surface area (Å²) in [7, 11) is 0. The number of esters is 1. The molecule has 1 fully saturated rings. The Kier molecular flexibility index (Phi) is 9.76. The maximum absolute atomic E-state index is 13.9. The quantitative estimate of drug-likeness (QED) is 0.346. The highest BCUT2D eigenvalue weighted by Gasteiger charge is 2.58. The monoisotopic (exact) mass is 513 g/mol. The Morgan fingerprint density at radius 3 is 2.30 bits per heavy atom. The highest BCUT2D eigenvalue weighted by atomic mass is 16.5. The smallest absolute Gasteiger partial charge is 0.310 e. The molecule has 2 aliphatic rings. The van der Waals surface area contributed by atoms with E-state index in [1.165, 1.54) is 0 Å². The van der Waals surface area contributed by atoms with Crippen molar-refractivity contribution < 1.29 is 24.2 Å². The van der Waals surface area contributed by atoms with Gasteiger partial charge in [0.15, 0.2) is 0 Å². The third-order valence-corrected chi connectivity index (χ3v) is 7.65. The molecule has 2 amide bonds. The van der Waals surface area contributed by atoms with E-state index in [4.69, 9.17) is 4.74 Å². The van der Waals surface area contributed by atoms with Gasteiger partial charge in [-0.15, -0.1) is 0 Å². The van der Waals surface area contributed by atoms with E-state index in [0.717, 1.165) is 18.8 Å². The second-order valence-electron chi connectivity index (χ2n) is 10.5. The molecule has 37 heavy (non-hydrogen) atoms. The number of benzene rings is 1. The molecule has 204 valence electrons. The Bertz CT molecular complexity index is 972. The van der Waals surface area contributed by atoms with Crippen LogP contribution in [0.15, 0.2) is 36.4 Å². The van der Waals surface area contributed by atoms with Crippen LogP contribution in [0.5, 0.6) is 0 Å². The van der Waals surface area contributed by atoms with Crippen LogP contribution >= 0.6 is 0 Å². The zero-order valence-corrected chi connectivity index (χ0v) is 23.0. The molecule has 0 saturated carbocycles. The summed E-state index contributed by atoms with van der Waals surface area (Å²) in [5, 5.41) is 13.3. The van der Waals surface area contributed by atoms with Gasteiger partial charge >= 0.3 is 5.97 Å². The van der Waals surface area contributed by atoms with Crippen molar-refractivity contribution in [2.45, 2.75) is 60.0 Å². The molecule has 1 aromatic rings. The van der Waals surface area contributed by atoms with Crippen LogP contribution in [0.25, 0.3) is 0 Å². The molecule has 1 aliphatic heterocycles. The average Bonchev–Trinajstić information content (AvgIpc) is 3.16. The van der Waals surface area contributed by atoms with Crippen LogP contribution in [0.1, 0.15) is 48.0 Å². The zero-order valence-electron chi connectivity index (χ0n) is 23.0. The molecule has 0 spiro atoms. The fourth-order valence-electron chi connectivity index (χ4n) is 5.91. The molecule has 3 rings (SSSR count). The van der Waals surface area contributed by atoms with E-state index < -0.39 is 35.8 Å². The highest BCUT2D eigenvalue weighted by Crippen LogP contribution is 2.45. The molecule has 1 heterocycles. The second kappa shape index (κ2) is 12.6. The number of hydrogen-bond acceptors (Lipinski definition) is 6. The van der Waals surface area contributed by atoms with Gasteiger partial charge < -0.3 is 25.0 Å². The van der Waals surface area contributed by atoms with Crippen molar-refractivity contribution in [3.8, 4) is 0 Å². The van der Waals surface area contributed by atoms with Gasteiger partial charge in [-0.05, 0) is 63.3 Å². The molecule has 8 nitrogen and oxygen atoms in total. The number of anilines is 2. The lowest BCUT2D eigenvalue weighted by molar-refractivity contribution is -0.156. The summed E-state index contributed by atoms with van der Waals surface area (Å²) >= 11 is 0. The van der Waals surface area contributed by atoms with Gasteiger partial charge in [-0.1, -0.05) is 32.9 Å². The molecule has 2 N–H and O–H groups in total. The molecule has 0 aromatic heterocycles. The van der Waals surface area contributed by atoms with Crippen molar-refractivity contribution in [2.24, 2.45) is 29.6 Å². The molecular formula is C29H43N3O5. The zero-order chi connectivity index (χ0) is 27.3. The number of carbonyl (C=O) groups excluding carboxylic acids is 3. The minimum atomic E-state index is -0.837. The number of likely N-dealkylation sites (tertiary alicyclic amines) is 1. The Balaban J connectivity index is 1.96. The Labute approximate surface area is 221 Å². The minimum Gasteiger partial charge on any atom is -0.466 e. The van der Waals surface area contributed by atoms with Crippen LogP contribution in [0.3, 0.4) is 0 Å². The number of hydrogen-bond donors (Lipinski definition) is 2. The van der Waals surface area contributed by atoms with E-state index in [2.05, 4.69) is 24.1 Å². The van der Waals surface area contributed by atoms with Gasteiger partial charge in [-0.25, -0.2) is 0 Å². The fraction of sp³-hybridized carbons (Fsp3) is 0.621. The normalized spacial score (nSPS) is 25.7. The maximum atomic E-state index is 13.9. The predicted molar refractivity (Wildman–Crippen MR) is 145 cm³/mol. The number of amides is 2. The third-order valence-electron chi connectivity index (χ3n) is 7.65. The summed E-state index contributed by atoms with van der Waals surface area (Å²) in [5.41, 5.74) is 1.70. The molecular weight excluding hydrogens is 470 g/mol. The second-order valence-corrected chi connectivity index (χ2v) is 10.5. The van der Waals surface area contributed by atoms with Gasteiger partial charge in [0.2, 0.25) is 11.8 Å². The summed E-state index contributed by atoms with van der Waals surface area (Å²) in [6.45, 7) is 13.6. The predicted octanol–water partition coefficient (Wildman–Crippen LogP) is 3.71. The number of aliphatic hydroxyl groups excluding tert-OH is 1. The maximum Gasteiger partial charge on any atom is 0.310 e. The van der Waals surface area contributed by atoms with Crippen molar-refractivity contribution in [3.05, 3.63) is 36.4 Å². The first-order valence-corrected chi connectivity index (χ1v) is 13.6. The first kappa shape index (κ1) is 28.7. The van der Waals surface area contributed by atoms with Crippen molar-refractivity contribution in [1.82, 2.24) is 4.90 Å². The van der Waals surface area contributed by atoms with Gasteiger partial charge in [0.1, 0.15) is 6.04 Å². The van der Waals surface area contributed by atoms with Crippen LogP contribution < -0.4 is 10.2 Å². The van der Waals surface area contributed by atoms with E-state index in [1.54, 1.807) is 11.8 Å². The highest BCUT2D eigenvalue weighted by molar-refractivity contribution is 6.01. The summed E-state index contributed by atoms with van der Waals surface area (Å²) in [5.74, 6) is -2.86. The fourth-order valence-corrected chi connectivity index (χ4v) is 5.91. The minimum absolute atomic E-state index is 0.196. The standard InChI is InChI=1S/C29H43N3O5/c1-7-31(8-2)21-13-11-20(12-14-21)30-27(34)26-23-15-10-19(6)24(29(36)37-9-3)25(23)28(35)32(26)22(17-33)16-18(4)5/h10-15,18-19,22-26,33H,7-9,16-17H2,1-6H3,(H,30,34)/t19-,22-,23+,24-,25+,26+/m1/s1. The van der Waals surface area contributed by atoms with Crippen LogP contribution in [0.2, 0.25) is 0 Å². The van der Waals surface area contributed by atoms with E-state index in [9.17, 15) is 19.5 Å². The van der Waals surface area contributed by atoms with Gasteiger partial charge in [-0.2, -0.15) is 0 Å². The SMILES string of the molecule is CCOC(=O)[C@H]1[C@H]2C(=O)N([C@@H](CO)CC(C)C)[C@H](C(=O)Nc3ccc(N(CC)CC)cc3)[C@H]2C=C[C@H]1C. The van der Waals surface area contributed by atoms with Gasteiger partial charge in [0.25, 0.3) is 0 Å². The lowest BCUT2D eigenvalue weighted by Crippen LogP contribution is -2.51. The number of nitrogens with one attached hydrogen (secondary N) is 1. The topological polar surface area (TPSA) is 99.2 Å². The van der Waals surface area contributed by atoms with E-state index >= 15 is 0 Å². The largest absolute Gasteiger partial charge is 0.466 e. The van der Waals surface area contributed by atoms with Crippen molar-refractivity contribution >= 4 is 29.2 Å². The van der Waals surface area contributed by atoms with Crippen LogP contribution in [-0.4, -0.2) is 66.2 Å². The number of rotatable bonds is 11. The third kappa shape index (κ3) is 6.00. The number of nitrogens with zero attached hydrogens (tertiary/aromatic N) is 2. The number of ether oxygens (including phenoxy) is 1. The summed E-state index contributed by atoms with van der Waals surface area (Å²) in [6, 6.07) is 6.31. The molecule has 0 bridgehead atoms. The van der Waals surface area contributed by atoms with E-state index in [1.807, 2.05) is 57.2 Å². The molecule has 1 aliphatic carbocycles. The van der Waals surface area contributed by atoms with Gasteiger partial charge in [0, 0.05) is 30.4 Å². The average molecular weight is 514 g/mol. The lowest BCUT2D eigenvalue weighted by atomic mass is 9.70. The van der Waals surface area contributed by atoms with Crippen molar-refractivity contribution in [2.75, 3.05) is 36.5 Å². The number of aliphatic hydroxyl groups is 1. The first-order valence-electron chi connectivity index (χ1n) is 13.6. The summed E-state index contributed by atoms with van der Waals surface area (Å²) < 4.78 is 5.34. The molecule has 1 aromatic carbocycles. The number of allylic oxidation sites excluding steroid dienone is 1. The van der Waals surface area contributed by atoms with Crippen LogP contribution in [-0.2, 0) is 19.1 Å². The Morgan fingerprint density at radius 1 is 1.11 bits per heavy atom. The van der Waals surface area contributed by atoms with Crippen LogP contribution in [0.4, 0.5) is 11.4 Å². The molecule has 0 radical (unpaired) electrons. The van der Waals surface area contributed by atoms with E-state index in [0.29, 0.717) is 12.1 Å². The van der Waals surface area contributed by atoms with Gasteiger partial charge in [-0.3, -0.25) is 14.4 Å². The molecule has 6 atom stereocenters. The molecule has 8 heteroatoms. The van der Waals surface area contributed by atoms with Crippen molar-refractivity contribution in [3.63, 3.8) is 0 Å². The Hall–Kier alpha value is -2.87. The first-order chi connectivity index (χ1) is 17.7. The van der Waals surface area contributed by atoms with Crippen LogP contribution in [0, 0.1) is 29.6 Å².